The molecule has 5 saturated carbocycles. The summed E-state index contributed by atoms with van der Waals surface area (Å²) in [5.74, 6) is -2.04. The first-order chi connectivity index (χ1) is 16.6. The predicted molar refractivity (Wildman–Crippen MR) is 121 cm³/mol. The normalized spacial score (nSPS) is 62.4. The number of aliphatic hydroxyl groups excluding tert-OH is 3. The lowest BCUT2D eigenvalue weighted by atomic mass is 9.42. The Hall–Kier alpha value is -0.400. The Bertz CT molecular complexity index is 878. The smallest absolute Gasteiger partial charge is 0.120 e. The number of fused-ring (bicyclic) bond motifs is 2. The highest BCUT2D eigenvalue weighted by Gasteiger charge is 2.90. The number of hydrogen-bond acceptors (Lipinski definition) is 10. The van der Waals surface area contributed by atoms with Crippen LogP contribution in [0.25, 0.3) is 0 Å². The summed E-state index contributed by atoms with van der Waals surface area (Å²) in [4.78, 5) is 2.29. The molecule has 10 heteroatoms. The molecule has 1 spiro atoms. The molecule has 1 saturated heterocycles. The van der Waals surface area contributed by atoms with Gasteiger partial charge in [0.1, 0.15) is 23.4 Å². The van der Waals surface area contributed by atoms with Crippen LogP contribution in [-0.4, -0.2) is 132 Å². The molecule has 35 heavy (non-hydrogen) atoms. The molecule has 0 aromatic rings. The monoisotopic (exact) mass is 499 g/mol. The second-order valence-electron chi connectivity index (χ2n) is 12.1. The number of piperidine rings is 1. The maximum absolute atomic E-state index is 12.6. The number of methoxy groups -OCH3 is 4. The third kappa shape index (κ3) is 2.35. The highest BCUT2D eigenvalue weighted by Crippen LogP contribution is 2.79. The van der Waals surface area contributed by atoms with E-state index >= 15 is 0 Å². The predicted octanol–water partition coefficient (Wildman–Crippen LogP) is -1.79. The van der Waals surface area contributed by atoms with Gasteiger partial charge < -0.3 is 44.5 Å². The summed E-state index contributed by atoms with van der Waals surface area (Å²) in [5, 5.41) is 59.3. The molecule has 1 aliphatic heterocycles. The third-order valence-corrected chi connectivity index (χ3v) is 11.7. The Labute approximate surface area is 206 Å². The van der Waals surface area contributed by atoms with Gasteiger partial charge in [0.25, 0.3) is 0 Å². The van der Waals surface area contributed by atoms with E-state index in [0.29, 0.717) is 26.1 Å². The lowest BCUT2D eigenvalue weighted by Crippen LogP contribution is -2.81. The van der Waals surface area contributed by atoms with Crippen molar-refractivity contribution in [1.82, 2.24) is 4.90 Å². The van der Waals surface area contributed by atoms with Crippen molar-refractivity contribution < 1.29 is 44.5 Å². The van der Waals surface area contributed by atoms with Gasteiger partial charge in [0.2, 0.25) is 0 Å². The van der Waals surface area contributed by atoms with Crippen molar-refractivity contribution in [2.45, 2.75) is 73.6 Å². The van der Waals surface area contributed by atoms with Gasteiger partial charge in [-0.1, -0.05) is 6.92 Å². The van der Waals surface area contributed by atoms with Crippen LogP contribution in [0.15, 0.2) is 0 Å². The molecular weight excluding hydrogens is 458 g/mol. The summed E-state index contributed by atoms with van der Waals surface area (Å²) in [5.41, 5.74) is -4.81. The molecule has 5 aliphatic carbocycles. The van der Waals surface area contributed by atoms with Crippen LogP contribution in [-0.2, 0) is 18.9 Å². The summed E-state index contributed by atoms with van der Waals surface area (Å²) in [7, 11) is 6.29. The third-order valence-electron chi connectivity index (χ3n) is 11.7. The molecular formula is C25H41NO9. The molecule has 7 bridgehead atoms. The van der Waals surface area contributed by atoms with E-state index in [1.165, 1.54) is 7.11 Å². The van der Waals surface area contributed by atoms with Crippen LogP contribution in [0, 0.1) is 34.5 Å². The molecule has 1 heterocycles. The number of likely N-dealkylation sites (tertiary alicyclic amines) is 1. The van der Waals surface area contributed by atoms with Crippen LogP contribution in [0.5, 0.6) is 0 Å². The molecule has 0 aromatic heterocycles. The summed E-state index contributed by atoms with van der Waals surface area (Å²) in [6.07, 6.45) is -4.95. The number of ether oxygens (including phenoxy) is 4. The van der Waals surface area contributed by atoms with Crippen molar-refractivity contribution in [3.8, 4) is 0 Å². The fraction of sp³-hybridized carbons (Fsp3) is 1.00. The Morgan fingerprint density at radius 1 is 0.943 bits per heavy atom. The minimum Gasteiger partial charge on any atom is -0.392 e. The van der Waals surface area contributed by atoms with Crippen LogP contribution in [0.1, 0.15) is 19.8 Å². The standard InChI is InChI=1S/C25H41NO9/c1-6-26-9-22(10-32-2)12(27)7-13(33-3)24-11-8-23(30)19(28)14(11)25(31,20(29)21(23)35-5)15(18(24)26)16(34-4)17(22)24/h11-21,27-31H,6-10H2,1-5H3/t11-,12-,13+,14-,15+,16+,17-,18+,19+,20+,21-,22+,23-,24+,25+/m1/s1. The summed E-state index contributed by atoms with van der Waals surface area (Å²) in [6, 6.07) is -0.240. The number of nitrogens with zero attached hydrogens (tertiary/aromatic N) is 1. The van der Waals surface area contributed by atoms with Crippen LogP contribution >= 0.6 is 0 Å². The van der Waals surface area contributed by atoms with Gasteiger partial charge in [0.05, 0.1) is 31.0 Å². The van der Waals surface area contributed by atoms with Gasteiger partial charge in [0.15, 0.2) is 0 Å². The van der Waals surface area contributed by atoms with Gasteiger partial charge in [-0.2, -0.15) is 0 Å². The van der Waals surface area contributed by atoms with Gasteiger partial charge in [0, 0.05) is 76.0 Å². The highest BCUT2D eigenvalue weighted by molar-refractivity contribution is 5.39. The second-order valence-corrected chi connectivity index (χ2v) is 12.1. The Kier molecular flexibility index (Phi) is 5.40. The first-order valence-corrected chi connectivity index (χ1v) is 12.9. The molecule has 5 N–H and O–H groups in total. The van der Waals surface area contributed by atoms with E-state index in [9.17, 15) is 25.5 Å². The molecule has 0 amide bonds. The average Bonchev–Trinajstić information content (AvgIpc) is 3.19. The Balaban J connectivity index is 1.68. The molecule has 0 aromatic carbocycles. The van der Waals surface area contributed by atoms with Gasteiger partial charge in [-0.15, -0.1) is 0 Å². The van der Waals surface area contributed by atoms with Crippen molar-refractivity contribution in [3.63, 3.8) is 0 Å². The highest BCUT2D eigenvalue weighted by atomic mass is 16.5. The zero-order valence-electron chi connectivity index (χ0n) is 21.2. The van der Waals surface area contributed by atoms with Crippen molar-refractivity contribution in [3.05, 3.63) is 0 Å². The second kappa shape index (κ2) is 7.59. The fourth-order valence-corrected chi connectivity index (χ4v) is 11.0. The fourth-order valence-electron chi connectivity index (χ4n) is 11.0. The lowest BCUT2D eigenvalue weighted by molar-refractivity contribution is -0.320. The maximum Gasteiger partial charge on any atom is 0.120 e. The van der Waals surface area contributed by atoms with Crippen LogP contribution < -0.4 is 0 Å². The van der Waals surface area contributed by atoms with Crippen molar-refractivity contribution in [2.24, 2.45) is 34.5 Å². The van der Waals surface area contributed by atoms with E-state index in [4.69, 9.17) is 18.9 Å². The Morgan fingerprint density at radius 2 is 1.66 bits per heavy atom. The van der Waals surface area contributed by atoms with Crippen molar-refractivity contribution in [2.75, 3.05) is 48.1 Å². The van der Waals surface area contributed by atoms with E-state index in [-0.39, 0.29) is 18.4 Å². The van der Waals surface area contributed by atoms with Crippen LogP contribution in [0.2, 0.25) is 0 Å². The molecule has 6 rings (SSSR count). The van der Waals surface area contributed by atoms with Gasteiger partial charge in [-0.25, -0.2) is 0 Å². The first kappa shape index (κ1) is 24.9. The minimum atomic E-state index is -1.76. The molecule has 0 unspecified atom stereocenters. The molecule has 6 aliphatic rings. The lowest BCUT2D eigenvalue weighted by Gasteiger charge is -2.70. The maximum atomic E-state index is 12.6. The van der Waals surface area contributed by atoms with Crippen LogP contribution in [0.3, 0.4) is 0 Å². The van der Waals surface area contributed by atoms with Crippen molar-refractivity contribution >= 4 is 0 Å². The van der Waals surface area contributed by atoms with Crippen LogP contribution in [0.4, 0.5) is 0 Å². The van der Waals surface area contributed by atoms with E-state index in [1.54, 1.807) is 21.3 Å². The number of aliphatic hydroxyl groups is 5. The van der Waals surface area contributed by atoms with Gasteiger partial charge >= 0.3 is 0 Å². The number of rotatable bonds is 6. The zero-order chi connectivity index (χ0) is 25.3. The SMILES string of the molecule is CCN1C[C@]2(COC)[C@H](O)C[C@H](OC)[C@@]34[C@@H]5C[C@]6(O)[C@H](OC)[C@H](O)[C@](O)([C@H]5[C@@H]6O)[C@@H]([C@H](OC)[C@H]23)[C@H]14. The molecule has 10 nitrogen and oxygen atoms in total. The average molecular weight is 500 g/mol. The topological polar surface area (TPSA) is 141 Å². The van der Waals surface area contributed by atoms with Gasteiger partial charge in [-0.05, 0) is 18.9 Å². The van der Waals surface area contributed by atoms with Crippen molar-refractivity contribution in [1.29, 1.82) is 0 Å². The largest absolute Gasteiger partial charge is 0.392 e. The molecule has 200 valence electrons. The summed E-state index contributed by atoms with van der Waals surface area (Å²) < 4.78 is 23.7. The summed E-state index contributed by atoms with van der Waals surface area (Å²) >= 11 is 0. The Morgan fingerprint density at radius 3 is 2.23 bits per heavy atom. The van der Waals surface area contributed by atoms with E-state index in [1.807, 2.05) is 0 Å². The van der Waals surface area contributed by atoms with E-state index < -0.39 is 76.4 Å². The molecule has 6 fully saturated rings. The van der Waals surface area contributed by atoms with E-state index in [0.717, 1.165) is 0 Å². The molecule has 0 radical (unpaired) electrons. The number of hydrogen-bond donors (Lipinski definition) is 5. The summed E-state index contributed by atoms with van der Waals surface area (Å²) in [6.45, 7) is 3.58. The quantitative estimate of drug-likeness (QED) is 0.285. The first-order valence-electron chi connectivity index (χ1n) is 12.9. The van der Waals surface area contributed by atoms with Gasteiger partial charge in [-0.3, -0.25) is 4.90 Å². The minimum absolute atomic E-state index is 0.156. The zero-order valence-corrected chi connectivity index (χ0v) is 21.2. The molecule has 15 atom stereocenters. The van der Waals surface area contributed by atoms with E-state index in [2.05, 4.69) is 11.8 Å².